The molecule has 19 heavy (non-hydrogen) atoms. The van der Waals surface area contributed by atoms with Crippen LogP contribution in [-0.2, 0) is 4.79 Å². The van der Waals surface area contributed by atoms with Crippen molar-refractivity contribution < 1.29 is 14.7 Å². The molecule has 0 unspecified atom stereocenters. The van der Waals surface area contributed by atoms with Crippen molar-refractivity contribution in [3.8, 4) is 0 Å². The van der Waals surface area contributed by atoms with E-state index >= 15 is 0 Å². The Bertz CT molecular complexity index is 334. The average Bonchev–Trinajstić information content (AvgIpc) is 2.34. The molecule has 0 aliphatic heterocycles. The van der Waals surface area contributed by atoms with Crippen molar-refractivity contribution in [2.45, 2.75) is 63.3 Å². The number of carboxylic acids is 1. The summed E-state index contributed by atoms with van der Waals surface area (Å²) in [5, 5.41) is 14.7. The molecule has 0 spiro atoms. The van der Waals surface area contributed by atoms with Crippen molar-refractivity contribution in [2.24, 2.45) is 5.92 Å². The van der Waals surface area contributed by atoms with Crippen LogP contribution in [0.3, 0.4) is 0 Å². The summed E-state index contributed by atoms with van der Waals surface area (Å²) in [6.45, 7) is 0.717. The Balaban J connectivity index is 1.72. The van der Waals surface area contributed by atoms with Gasteiger partial charge in [-0.15, -0.1) is 0 Å². The molecule has 5 nitrogen and oxygen atoms in total. The second-order valence-electron chi connectivity index (χ2n) is 6.04. The molecule has 0 aromatic carbocycles. The molecule has 2 aliphatic carbocycles. The molecule has 0 aromatic heterocycles. The van der Waals surface area contributed by atoms with Crippen molar-refractivity contribution in [3.05, 3.63) is 0 Å². The molecule has 0 heterocycles. The fraction of sp³-hybridized carbons (Fsp3) is 0.857. The lowest BCUT2D eigenvalue weighted by Crippen LogP contribution is -2.57. The van der Waals surface area contributed by atoms with E-state index in [1.54, 1.807) is 0 Å². The van der Waals surface area contributed by atoms with Crippen molar-refractivity contribution >= 4 is 12.0 Å². The zero-order valence-corrected chi connectivity index (χ0v) is 11.4. The first kappa shape index (κ1) is 14.2. The molecule has 0 radical (unpaired) electrons. The van der Waals surface area contributed by atoms with Crippen LogP contribution < -0.4 is 10.6 Å². The third kappa shape index (κ3) is 4.11. The van der Waals surface area contributed by atoms with E-state index in [2.05, 4.69) is 10.6 Å². The Morgan fingerprint density at radius 3 is 2.32 bits per heavy atom. The number of carbonyl (C=O) groups excluding carboxylic acids is 1. The molecule has 2 fully saturated rings. The lowest BCUT2D eigenvalue weighted by Gasteiger charge is -2.41. The van der Waals surface area contributed by atoms with Crippen molar-refractivity contribution in [2.75, 3.05) is 6.54 Å². The molecule has 0 atom stereocenters. The van der Waals surface area contributed by atoms with Gasteiger partial charge in [-0.05, 0) is 38.0 Å². The Labute approximate surface area is 114 Å². The van der Waals surface area contributed by atoms with E-state index in [4.69, 9.17) is 5.11 Å². The van der Waals surface area contributed by atoms with E-state index in [0.29, 0.717) is 5.92 Å². The van der Waals surface area contributed by atoms with Crippen LogP contribution in [0.4, 0.5) is 4.79 Å². The van der Waals surface area contributed by atoms with Gasteiger partial charge in [0.2, 0.25) is 0 Å². The highest BCUT2D eigenvalue weighted by Gasteiger charge is 2.40. The average molecular weight is 268 g/mol. The Kier molecular flexibility index (Phi) is 4.66. The van der Waals surface area contributed by atoms with Crippen LogP contribution in [0.15, 0.2) is 0 Å². The summed E-state index contributed by atoms with van der Waals surface area (Å²) in [4.78, 5) is 22.7. The van der Waals surface area contributed by atoms with Gasteiger partial charge in [0.1, 0.15) is 0 Å². The van der Waals surface area contributed by atoms with E-state index in [1.165, 1.54) is 32.1 Å². The third-order valence-electron chi connectivity index (χ3n) is 4.46. The molecule has 0 saturated heterocycles. The molecule has 3 N–H and O–H groups in total. The first-order chi connectivity index (χ1) is 9.10. The standard InChI is InChI=1S/C14H24N2O3/c17-12(18)9-14(7-4-8-14)16-13(19)15-10-11-5-2-1-3-6-11/h11H,1-10H2,(H,17,18)(H2,15,16,19). The summed E-state index contributed by atoms with van der Waals surface area (Å²) in [6.07, 6.45) is 8.80. The van der Waals surface area contributed by atoms with Gasteiger partial charge in [-0.2, -0.15) is 0 Å². The zero-order chi connectivity index (χ0) is 13.7. The van der Waals surface area contributed by atoms with Crippen molar-refractivity contribution in [3.63, 3.8) is 0 Å². The van der Waals surface area contributed by atoms with Gasteiger partial charge in [-0.3, -0.25) is 4.79 Å². The summed E-state index contributed by atoms with van der Waals surface area (Å²) in [5.41, 5.74) is -0.498. The highest BCUT2D eigenvalue weighted by atomic mass is 16.4. The second-order valence-corrected chi connectivity index (χ2v) is 6.04. The molecular formula is C14H24N2O3. The minimum absolute atomic E-state index is 0.0316. The number of carboxylic acid groups (broad SMARTS) is 1. The lowest BCUT2D eigenvalue weighted by molar-refractivity contribution is -0.139. The number of rotatable bonds is 5. The molecule has 2 amide bonds. The van der Waals surface area contributed by atoms with Crippen LogP contribution in [0, 0.1) is 5.92 Å². The number of amides is 2. The molecular weight excluding hydrogens is 244 g/mol. The third-order valence-corrected chi connectivity index (χ3v) is 4.46. The maximum atomic E-state index is 11.9. The highest BCUT2D eigenvalue weighted by Crippen LogP contribution is 2.34. The number of carbonyl (C=O) groups is 2. The second kappa shape index (κ2) is 6.26. The topological polar surface area (TPSA) is 78.4 Å². The SMILES string of the molecule is O=C(O)CC1(NC(=O)NCC2CCCCC2)CCC1. The van der Waals surface area contributed by atoms with E-state index < -0.39 is 11.5 Å². The molecule has 2 rings (SSSR count). The van der Waals surface area contributed by atoms with Gasteiger partial charge in [0, 0.05) is 6.54 Å². The molecule has 0 aromatic rings. The Morgan fingerprint density at radius 2 is 1.79 bits per heavy atom. The molecule has 108 valence electrons. The van der Waals surface area contributed by atoms with E-state index in [-0.39, 0.29) is 12.5 Å². The van der Waals surface area contributed by atoms with Crippen molar-refractivity contribution in [1.82, 2.24) is 10.6 Å². The maximum absolute atomic E-state index is 11.9. The van der Waals surface area contributed by atoms with E-state index in [0.717, 1.165) is 25.8 Å². The summed E-state index contributed by atoms with van der Waals surface area (Å²) >= 11 is 0. The predicted octanol–water partition coefficient (Wildman–Crippen LogP) is 2.26. The molecule has 2 aliphatic rings. The minimum atomic E-state index is -0.840. The summed E-state index contributed by atoms with van der Waals surface area (Å²) in [5.74, 6) is -0.247. The first-order valence-corrected chi connectivity index (χ1v) is 7.37. The largest absolute Gasteiger partial charge is 0.481 e. The highest BCUT2D eigenvalue weighted by molar-refractivity contribution is 5.77. The van der Waals surface area contributed by atoms with E-state index in [9.17, 15) is 9.59 Å². The Hall–Kier alpha value is -1.26. The lowest BCUT2D eigenvalue weighted by atomic mass is 9.74. The smallest absolute Gasteiger partial charge is 0.315 e. The van der Waals surface area contributed by atoms with Crippen molar-refractivity contribution in [1.29, 1.82) is 0 Å². The van der Waals surface area contributed by atoms with Crippen LogP contribution >= 0.6 is 0 Å². The van der Waals surface area contributed by atoms with Gasteiger partial charge in [0.25, 0.3) is 0 Å². The minimum Gasteiger partial charge on any atom is -0.481 e. The Morgan fingerprint density at radius 1 is 1.11 bits per heavy atom. The summed E-state index contributed by atoms with van der Waals surface area (Å²) < 4.78 is 0. The molecule has 2 saturated carbocycles. The predicted molar refractivity (Wildman–Crippen MR) is 71.9 cm³/mol. The summed E-state index contributed by atoms with van der Waals surface area (Å²) in [6, 6.07) is -0.202. The fourth-order valence-corrected chi connectivity index (χ4v) is 3.15. The fourth-order valence-electron chi connectivity index (χ4n) is 3.15. The number of hydrogen-bond acceptors (Lipinski definition) is 2. The first-order valence-electron chi connectivity index (χ1n) is 7.37. The zero-order valence-electron chi connectivity index (χ0n) is 11.4. The number of hydrogen-bond donors (Lipinski definition) is 3. The van der Waals surface area contributed by atoms with Gasteiger partial charge in [-0.1, -0.05) is 19.3 Å². The number of aliphatic carboxylic acids is 1. The van der Waals surface area contributed by atoms with Gasteiger partial charge < -0.3 is 15.7 Å². The van der Waals surface area contributed by atoms with Gasteiger partial charge in [0.05, 0.1) is 12.0 Å². The monoisotopic (exact) mass is 268 g/mol. The van der Waals surface area contributed by atoms with Crippen LogP contribution in [0.5, 0.6) is 0 Å². The van der Waals surface area contributed by atoms with Crippen LogP contribution in [0.25, 0.3) is 0 Å². The van der Waals surface area contributed by atoms with Gasteiger partial charge in [0.15, 0.2) is 0 Å². The normalized spacial score (nSPS) is 22.3. The molecule has 0 bridgehead atoms. The van der Waals surface area contributed by atoms with Crippen LogP contribution in [0.2, 0.25) is 0 Å². The number of urea groups is 1. The molecule has 5 heteroatoms. The number of nitrogens with one attached hydrogen (secondary N) is 2. The van der Waals surface area contributed by atoms with Crippen LogP contribution in [0.1, 0.15) is 57.8 Å². The maximum Gasteiger partial charge on any atom is 0.315 e. The van der Waals surface area contributed by atoms with Crippen LogP contribution in [-0.4, -0.2) is 29.2 Å². The van der Waals surface area contributed by atoms with Gasteiger partial charge >= 0.3 is 12.0 Å². The quantitative estimate of drug-likeness (QED) is 0.715. The van der Waals surface area contributed by atoms with E-state index in [1.807, 2.05) is 0 Å². The summed E-state index contributed by atoms with van der Waals surface area (Å²) in [7, 11) is 0. The van der Waals surface area contributed by atoms with Gasteiger partial charge in [-0.25, -0.2) is 4.79 Å².